The Bertz CT molecular complexity index is 1490. The van der Waals surface area contributed by atoms with E-state index in [4.69, 9.17) is 20.2 Å². The lowest BCUT2D eigenvalue weighted by Crippen LogP contribution is -2.52. The molecular formula is C35H46N4O4S. The number of rotatable bonds is 9. The van der Waals surface area contributed by atoms with Gasteiger partial charge >= 0.3 is 0 Å². The van der Waals surface area contributed by atoms with Gasteiger partial charge in [-0.05, 0) is 55.4 Å². The smallest absolute Gasteiger partial charge is 0.280 e. The number of ether oxygens (including phenoxy) is 2. The van der Waals surface area contributed by atoms with Crippen molar-refractivity contribution in [3.8, 4) is 10.4 Å². The van der Waals surface area contributed by atoms with E-state index in [-0.39, 0.29) is 23.9 Å². The zero-order chi connectivity index (χ0) is 30.7. The zero-order valence-electron chi connectivity index (χ0n) is 26.2. The van der Waals surface area contributed by atoms with E-state index in [1.807, 2.05) is 0 Å². The minimum Gasteiger partial charge on any atom is -0.381 e. The van der Waals surface area contributed by atoms with Gasteiger partial charge in [0.1, 0.15) is 0 Å². The molecule has 0 atom stereocenters. The largest absolute Gasteiger partial charge is 0.381 e. The molecule has 3 aromatic rings. The molecule has 2 aliphatic heterocycles. The number of thiazole rings is 1. The predicted molar refractivity (Wildman–Crippen MR) is 175 cm³/mol. The van der Waals surface area contributed by atoms with Gasteiger partial charge in [-0.1, -0.05) is 68.5 Å². The van der Waals surface area contributed by atoms with Crippen molar-refractivity contribution in [2.75, 3.05) is 39.5 Å². The molecule has 1 saturated carbocycles. The fourth-order valence-electron chi connectivity index (χ4n) is 7.15. The van der Waals surface area contributed by atoms with Crippen LogP contribution in [0.1, 0.15) is 79.9 Å². The summed E-state index contributed by atoms with van der Waals surface area (Å²) in [5.41, 5.74) is 8.44. The molecule has 0 unspecified atom stereocenters. The number of nitrogens with zero attached hydrogens (tertiary/aromatic N) is 2. The molecule has 44 heavy (non-hydrogen) atoms. The molecule has 236 valence electrons. The van der Waals surface area contributed by atoms with E-state index in [0.717, 1.165) is 48.9 Å². The normalized spacial score (nSPS) is 20.9. The molecule has 6 rings (SSSR count). The van der Waals surface area contributed by atoms with Crippen LogP contribution in [-0.4, -0.2) is 66.8 Å². The number of carbonyl (C=O) groups excluding carboxylic acids is 2. The third-order valence-electron chi connectivity index (χ3n) is 10.1. The molecule has 3 aliphatic rings. The molecule has 0 bridgehead atoms. The van der Waals surface area contributed by atoms with Crippen LogP contribution in [0.4, 0.5) is 0 Å². The van der Waals surface area contributed by atoms with Crippen LogP contribution < -0.4 is 11.1 Å². The van der Waals surface area contributed by atoms with Crippen molar-refractivity contribution >= 4 is 33.9 Å². The maximum absolute atomic E-state index is 13.6. The Labute approximate surface area is 264 Å². The summed E-state index contributed by atoms with van der Waals surface area (Å²) in [5.74, 6) is -0.0466. The first-order valence-corrected chi connectivity index (χ1v) is 17.1. The molecule has 2 saturated heterocycles. The number of fused-ring (bicyclic) bond motifs is 1. The lowest BCUT2D eigenvalue weighted by atomic mass is 9.79. The van der Waals surface area contributed by atoms with E-state index in [1.165, 1.54) is 59.8 Å². The fraction of sp³-hybridized carbons (Fsp3) is 0.571. The Balaban J connectivity index is 1.33. The number of nitrogens with two attached hydrogens (primary N) is 1. The minimum absolute atomic E-state index is 0.0249. The first-order valence-electron chi connectivity index (χ1n) is 16.3. The third kappa shape index (κ3) is 6.57. The number of carbonyl (C=O) groups is 2. The molecule has 1 aliphatic carbocycles. The molecule has 0 spiro atoms. The second-order valence-electron chi connectivity index (χ2n) is 13.5. The highest BCUT2D eigenvalue weighted by atomic mass is 32.1. The van der Waals surface area contributed by atoms with Crippen LogP contribution in [0.25, 0.3) is 21.2 Å². The summed E-state index contributed by atoms with van der Waals surface area (Å²) in [5, 5.41) is 5.89. The quantitative estimate of drug-likeness (QED) is 0.318. The molecule has 2 amide bonds. The van der Waals surface area contributed by atoms with Crippen molar-refractivity contribution in [2.24, 2.45) is 17.1 Å². The van der Waals surface area contributed by atoms with E-state index in [0.29, 0.717) is 37.0 Å². The second-order valence-corrected chi connectivity index (χ2v) is 14.5. The van der Waals surface area contributed by atoms with Crippen molar-refractivity contribution in [2.45, 2.75) is 77.3 Å². The fourth-order valence-corrected chi connectivity index (χ4v) is 8.20. The van der Waals surface area contributed by atoms with E-state index < -0.39 is 5.41 Å². The average molecular weight is 619 g/mol. The number of aromatic nitrogens is 1. The summed E-state index contributed by atoms with van der Waals surface area (Å²) in [6, 6.07) is 13.1. The Hall–Kier alpha value is -2.85. The van der Waals surface area contributed by atoms with Gasteiger partial charge in [0.25, 0.3) is 5.91 Å². The maximum Gasteiger partial charge on any atom is 0.280 e. The number of nitrogens with one attached hydrogen (secondary N) is 1. The number of amides is 2. The maximum atomic E-state index is 13.6. The Morgan fingerprint density at radius 2 is 1.77 bits per heavy atom. The predicted octanol–water partition coefficient (Wildman–Crippen LogP) is 5.71. The van der Waals surface area contributed by atoms with Crippen molar-refractivity contribution < 1.29 is 19.1 Å². The van der Waals surface area contributed by atoms with Gasteiger partial charge in [0.2, 0.25) is 5.91 Å². The lowest BCUT2D eigenvalue weighted by Gasteiger charge is -2.42. The molecule has 2 aromatic carbocycles. The highest BCUT2D eigenvalue weighted by Crippen LogP contribution is 2.40. The highest BCUT2D eigenvalue weighted by molar-refractivity contribution is 7.17. The summed E-state index contributed by atoms with van der Waals surface area (Å²) in [4.78, 5) is 34.6. The number of hydrogen-bond acceptors (Lipinski definition) is 7. The third-order valence-corrected chi connectivity index (χ3v) is 11.2. The Morgan fingerprint density at radius 1 is 1.02 bits per heavy atom. The second kappa shape index (κ2) is 13.3. The summed E-state index contributed by atoms with van der Waals surface area (Å²) < 4.78 is 11.2. The SMILES string of the molecule is CC1(C)COCCN1Cc1ccc(-c2sc(C(=O)NCC3(C(N)=O)CCOCC3)nc2CC2CCCCC2)c2ccccc12. The summed E-state index contributed by atoms with van der Waals surface area (Å²) in [6.07, 6.45) is 8.12. The van der Waals surface area contributed by atoms with Gasteiger partial charge < -0.3 is 20.5 Å². The first-order chi connectivity index (χ1) is 21.3. The van der Waals surface area contributed by atoms with Crippen molar-refractivity contribution in [1.29, 1.82) is 0 Å². The minimum atomic E-state index is -0.778. The standard InChI is InChI=1S/C35H46N4O4S/c1-34(2)23-43-19-16-39(34)21-25-12-13-28(27-11-7-6-10-26(25)27)30-29(20-24-8-4-3-5-9-24)38-32(44-30)31(40)37-22-35(33(36)41)14-17-42-18-15-35/h6-7,10-13,24H,3-5,8-9,14-23H2,1-2H3,(H2,36,41)(H,37,40). The number of hydrogen-bond donors (Lipinski definition) is 2. The van der Waals surface area contributed by atoms with Crippen LogP contribution in [0.2, 0.25) is 0 Å². The van der Waals surface area contributed by atoms with Crippen LogP contribution in [0.3, 0.4) is 0 Å². The van der Waals surface area contributed by atoms with E-state index in [1.54, 1.807) is 0 Å². The van der Waals surface area contributed by atoms with Gasteiger partial charge in [0, 0.05) is 44.0 Å². The summed E-state index contributed by atoms with van der Waals surface area (Å²) in [7, 11) is 0. The molecule has 1 aromatic heterocycles. The van der Waals surface area contributed by atoms with Crippen LogP contribution in [-0.2, 0) is 27.2 Å². The lowest BCUT2D eigenvalue weighted by molar-refractivity contribution is -0.132. The molecule has 9 heteroatoms. The van der Waals surface area contributed by atoms with Crippen molar-refractivity contribution in [3.05, 3.63) is 52.7 Å². The van der Waals surface area contributed by atoms with Crippen molar-refractivity contribution in [3.63, 3.8) is 0 Å². The van der Waals surface area contributed by atoms with Crippen LogP contribution >= 0.6 is 11.3 Å². The van der Waals surface area contributed by atoms with Crippen LogP contribution in [0.5, 0.6) is 0 Å². The first kappa shape index (κ1) is 31.1. The summed E-state index contributed by atoms with van der Waals surface area (Å²) in [6.45, 7) is 8.89. The van der Waals surface area contributed by atoms with Gasteiger partial charge in [-0.15, -0.1) is 11.3 Å². The van der Waals surface area contributed by atoms with Crippen LogP contribution in [0, 0.1) is 11.3 Å². The van der Waals surface area contributed by atoms with Gasteiger partial charge in [-0.3, -0.25) is 14.5 Å². The number of morpholine rings is 1. The average Bonchev–Trinajstić information content (AvgIpc) is 3.45. The van der Waals surface area contributed by atoms with Gasteiger partial charge in [-0.25, -0.2) is 4.98 Å². The molecule has 3 fully saturated rings. The zero-order valence-corrected chi connectivity index (χ0v) is 27.0. The van der Waals surface area contributed by atoms with Gasteiger partial charge in [0.05, 0.1) is 29.2 Å². The van der Waals surface area contributed by atoms with Crippen LogP contribution in [0.15, 0.2) is 36.4 Å². The van der Waals surface area contributed by atoms with E-state index in [9.17, 15) is 9.59 Å². The van der Waals surface area contributed by atoms with Crippen molar-refractivity contribution in [1.82, 2.24) is 15.2 Å². The molecule has 3 N–H and O–H groups in total. The number of primary amides is 1. The Kier molecular flexibility index (Phi) is 9.38. The van der Waals surface area contributed by atoms with Gasteiger partial charge in [-0.2, -0.15) is 0 Å². The number of benzene rings is 2. The topological polar surface area (TPSA) is 107 Å². The highest BCUT2D eigenvalue weighted by Gasteiger charge is 2.39. The van der Waals surface area contributed by atoms with E-state index in [2.05, 4.69) is 60.5 Å². The Morgan fingerprint density at radius 3 is 2.50 bits per heavy atom. The molecule has 0 radical (unpaired) electrons. The summed E-state index contributed by atoms with van der Waals surface area (Å²) >= 11 is 1.47. The van der Waals surface area contributed by atoms with E-state index >= 15 is 0 Å². The molecular weight excluding hydrogens is 572 g/mol. The van der Waals surface area contributed by atoms with Gasteiger partial charge in [0.15, 0.2) is 5.01 Å². The molecule has 8 nitrogen and oxygen atoms in total. The monoisotopic (exact) mass is 618 g/mol. The molecule has 3 heterocycles.